The van der Waals surface area contributed by atoms with Gasteiger partial charge in [-0.2, -0.15) is 0 Å². The summed E-state index contributed by atoms with van der Waals surface area (Å²) in [4.78, 5) is 12.3. The SMILES string of the molecule is CC(C)c1ccc(C(=O)Nc2cccc(Br)c2CO)cc1. The van der Waals surface area contributed by atoms with E-state index in [2.05, 4.69) is 35.1 Å². The Morgan fingerprint density at radius 3 is 2.43 bits per heavy atom. The van der Waals surface area contributed by atoms with E-state index >= 15 is 0 Å². The largest absolute Gasteiger partial charge is 0.392 e. The molecule has 1 amide bonds. The maximum Gasteiger partial charge on any atom is 0.255 e. The van der Waals surface area contributed by atoms with E-state index in [0.29, 0.717) is 22.7 Å². The number of anilines is 1. The summed E-state index contributed by atoms with van der Waals surface area (Å²) in [5.74, 6) is 0.256. The van der Waals surface area contributed by atoms with Gasteiger partial charge in [-0.3, -0.25) is 4.79 Å². The molecule has 0 saturated carbocycles. The average Bonchev–Trinajstić information content (AvgIpc) is 2.47. The molecule has 21 heavy (non-hydrogen) atoms. The number of nitrogens with one attached hydrogen (secondary N) is 1. The predicted molar refractivity (Wildman–Crippen MR) is 88.5 cm³/mol. The van der Waals surface area contributed by atoms with Crippen molar-refractivity contribution in [1.82, 2.24) is 0 Å². The molecule has 2 aromatic rings. The molecule has 0 radical (unpaired) electrons. The van der Waals surface area contributed by atoms with E-state index in [1.807, 2.05) is 36.4 Å². The van der Waals surface area contributed by atoms with Crippen LogP contribution < -0.4 is 5.32 Å². The van der Waals surface area contributed by atoms with Gasteiger partial charge in [-0.15, -0.1) is 0 Å². The molecule has 2 aromatic carbocycles. The van der Waals surface area contributed by atoms with Crippen molar-refractivity contribution in [3.05, 3.63) is 63.6 Å². The zero-order valence-electron chi connectivity index (χ0n) is 12.1. The summed E-state index contributed by atoms with van der Waals surface area (Å²) < 4.78 is 0.776. The van der Waals surface area contributed by atoms with Crippen molar-refractivity contribution >= 4 is 27.5 Å². The molecule has 0 aliphatic heterocycles. The van der Waals surface area contributed by atoms with Crippen molar-refractivity contribution in [2.24, 2.45) is 0 Å². The third kappa shape index (κ3) is 3.71. The fourth-order valence-electron chi connectivity index (χ4n) is 2.05. The predicted octanol–water partition coefficient (Wildman–Crippen LogP) is 4.32. The molecule has 0 aliphatic carbocycles. The summed E-state index contributed by atoms with van der Waals surface area (Å²) in [6.07, 6.45) is 0. The van der Waals surface area contributed by atoms with Gasteiger partial charge in [0.1, 0.15) is 0 Å². The van der Waals surface area contributed by atoms with E-state index in [9.17, 15) is 9.90 Å². The van der Waals surface area contributed by atoms with Gasteiger partial charge in [0.2, 0.25) is 0 Å². The van der Waals surface area contributed by atoms with Crippen molar-refractivity contribution in [1.29, 1.82) is 0 Å². The summed E-state index contributed by atoms with van der Waals surface area (Å²) in [5, 5.41) is 12.2. The van der Waals surface area contributed by atoms with Crippen molar-refractivity contribution in [3.63, 3.8) is 0 Å². The van der Waals surface area contributed by atoms with E-state index in [1.165, 1.54) is 5.56 Å². The Balaban J connectivity index is 2.20. The molecular formula is C17H18BrNO2. The fourth-order valence-corrected chi connectivity index (χ4v) is 2.54. The summed E-state index contributed by atoms with van der Waals surface area (Å²) in [7, 11) is 0. The van der Waals surface area contributed by atoms with E-state index < -0.39 is 0 Å². The minimum atomic E-state index is -0.182. The van der Waals surface area contributed by atoms with Crippen LogP contribution in [0.25, 0.3) is 0 Å². The second kappa shape index (κ2) is 6.87. The van der Waals surface area contributed by atoms with Crippen LogP contribution in [-0.2, 0) is 6.61 Å². The van der Waals surface area contributed by atoms with Crippen LogP contribution in [0.15, 0.2) is 46.9 Å². The maximum absolute atomic E-state index is 12.3. The second-order valence-corrected chi connectivity index (χ2v) is 6.01. The van der Waals surface area contributed by atoms with Gasteiger partial charge in [0.15, 0.2) is 0 Å². The molecule has 110 valence electrons. The van der Waals surface area contributed by atoms with Crippen molar-refractivity contribution < 1.29 is 9.90 Å². The van der Waals surface area contributed by atoms with Crippen LogP contribution in [-0.4, -0.2) is 11.0 Å². The van der Waals surface area contributed by atoms with E-state index in [0.717, 1.165) is 4.47 Å². The lowest BCUT2D eigenvalue weighted by atomic mass is 10.0. The molecule has 0 fully saturated rings. The molecule has 2 rings (SSSR count). The number of rotatable bonds is 4. The Hall–Kier alpha value is -1.65. The molecule has 0 aliphatic rings. The molecule has 3 nitrogen and oxygen atoms in total. The molecule has 0 atom stereocenters. The molecule has 0 bridgehead atoms. The maximum atomic E-state index is 12.3. The summed E-state index contributed by atoms with van der Waals surface area (Å²) >= 11 is 3.37. The number of hydrogen-bond acceptors (Lipinski definition) is 2. The van der Waals surface area contributed by atoms with Crippen LogP contribution in [0.5, 0.6) is 0 Å². The number of carbonyl (C=O) groups is 1. The lowest BCUT2D eigenvalue weighted by Gasteiger charge is -2.12. The normalized spacial score (nSPS) is 10.7. The van der Waals surface area contributed by atoms with Gasteiger partial charge in [0.05, 0.1) is 6.61 Å². The Morgan fingerprint density at radius 2 is 1.86 bits per heavy atom. The number of carbonyl (C=O) groups excluding carboxylic acids is 1. The monoisotopic (exact) mass is 347 g/mol. The summed E-state index contributed by atoms with van der Waals surface area (Å²) in [6, 6.07) is 13.0. The minimum Gasteiger partial charge on any atom is -0.392 e. The highest BCUT2D eigenvalue weighted by molar-refractivity contribution is 9.10. The third-order valence-corrected chi connectivity index (χ3v) is 4.11. The standard InChI is InChI=1S/C17H18BrNO2/c1-11(2)12-6-8-13(9-7-12)17(21)19-16-5-3-4-15(18)14(16)10-20/h3-9,11,20H,10H2,1-2H3,(H,19,21). The number of halogens is 1. The summed E-state index contributed by atoms with van der Waals surface area (Å²) in [6.45, 7) is 4.09. The zero-order valence-corrected chi connectivity index (χ0v) is 13.6. The second-order valence-electron chi connectivity index (χ2n) is 5.15. The highest BCUT2D eigenvalue weighted by Crippen LogP contribution is 2.25. The molecule has 2 N–H and O–H groups in total. The fraction of sp³-hybridized carbons (Fsp3) is 0.235. The van der Waals surface area contributed by atoms with E-state index in [4.69, 9.17) is 0 Å². The van der Waals surface area contributed by atoms with Crippen LogP contribution in [0.4, 0.5) is 5.69 Å². The van der Waals surface area contributed by atoms with Crippen LogP contribution in [0, 0.1) is 0 Å². The van der Waals surface area contributed by atoms with Crippen molar-refractivity contribution in [2.45, 2.75) is 26.4 Å². The highest BCUT2D eigenvalue weighted by Gasteiger charge is 2.11. The lowest BCUT2D eigenvalue weighted by Crippen LogP contribution is -2.13. The average molecular weight is 348 g/mol. The number of hydrogen-bond donors (Lipinski definition) is 2. The van der Waals surface area contributed by atoms with Crippen LogP contribution in [0.3, 0.4) is 0 Å². The topological polar surface area (TPSA) is 49.3 Å². The highest BCUT2D eigenvalue weighted by atomic mass is 79.9. The van der Waals surface area contributed by atoms with Gasteiger partial charge in [-0.05, 0) is 35.7 Å². The molecule has 0 spiro atoms. The molecule has 0 heterocycles. The number of aliphatic hydroxyl groups excluding tert-OH is 1. The molecule has 0 saturated heterocycles. The van der Waals surface area contributed by atoms with Gasteiger partial charge in [0, 0.05) is 21.3 Å². The van der Waals surface area contributed by atoms with Gasteiger partial charge < -0.3 is 10.4 Å². The number of benzene rings is 2. The summed E-state index contributed by atoms with van der Waals surface area (Å²) in [5.41, 5.74) is 3.09. The number of amides is 1. The van der Waals surface area contributed by atoms with E-state index in [-0.39, 0.29) is 12.5 Å². The third-order valence-electron chi connectivity index (χ3n) is 3.36. The Labute approximate surface area is 133 Å². The van der Waals surface area contributed by atoms with Crippen molar-refractivity contribution in [3.8, 4) is 0 Å². The first-order valence-corrected chi connectivity index (χ1v) is 7.61. The van der Waals surface area contributed by atoms with Crippen LogP contribution >= 0.6 is 15.9 Å². The molecule has 0 aromatic heterocycles. The lowest BCUT2D eigenvalue weighted by molar-refractivity contribution is 0.102. The Kier molecular flexibility index (Phi) is 5.15. The zero-order chi connectivity index (χ0) is 15.4. The van der Waals surface area contributed by atoms with Gasteiger partial charge in [0.25, 0.3) is 5.91 Å². The van der Waals surface area contributed by atoms with E-state index in [1.54, 1.807) is 6.07 Å². The molecular weight excluding hydrogens is 330 g/mol. The van der Waals surface area contributed by atoms with Crippen LogP contribution in [0.2, 0.25) is 0 Å². The van der Waals surface area contributed by atoms with Gasteiger partial charge in [-0.1, -0.05) is 48.0 Å². The van der Waals surface area contributed by atoms with Crippen LogP contribution in [0.1, 0.15) is 41.3 Å². The first-order chi connectivity index (χ1) is 10.0. The minimum absolute atomic E-state index is 0.136. The Morgan fingerprint density at radius 1 is 1.19 bits per heavy atom. The Bertz CT molecular complexity index is 636. The van der Waals surface area contributed by atoms with Gasteiger partial charge >= 0.3 is 0 Å². The first-order valence-electron chi connectivity index (χ1n) is 6.82. The first kappa shape index (κ1) is 15.7. The van der Waals surface area contributed by atoms with Gasteiger partial charge in [-0.25, -0.2) is 0 Å². The molecule has 0 unspecified atom stereocenters. The quantitative estimate of drug-likeness (QED) is 0.865. The molecule has 4 heteroatoms. The van der Waals surface area contributed by atoms with Crippen molar-refractivity contribution in [2.75, 3.05) is 5.32 Å². The smallest absolute Gasteiger partial charge is 0.255 e. The number of aliphatic hydroxyl groups is 1.